The number of hydrogen-bond acceptors (Lipinski definition) is 7. The first kappa shape index (κ1) is 18.9. The largest absolute Gasteiger partial charge is 0.455 e. The number of aromatic nitrogens is 3. The van der Waals surface area contributed by atoms with Gasteiger partial charge in [-0.05, 0) is 37.1 Å². The molecule has 0 saturated heterocycles. The van der Waals surface area contributed by atoms with Crippen molar-refractivity contribution in [1.29, 1.82) is 0 Å². The first-order valence-corrected chi connectivity index (χ1v) is 11.0. The average molecular weight is 420 g/mol. The summed E-state index contributed by atoms with van der Waals surface area (Å²) in [5.74, 6) is 0.432. The molecule has 6 nitrogen and oxygen atoms in total. The molecule has 1 aliphatic rings. The Labute approximate surface area is 177 Å². The number of benzene rings is 2. The molecule has 2 aromatic heterocycles. The van der Waals surface area contributed by atoms with Crippen molar-refractivity contribution in [3.63, 3.8) is 0 Å². The maximum absolute atomic E-state index is 12.9. The first-order valence-electron chi connectivity index (χ1n) is 10.2. The predicted octanol–water partition coefficient (Wildman–Crippen LogP) is 5.36. The Balaban J connectivity index is 1.28. The van der Waals surface area contributed by atoms with Crippen LogP contribution in [0.15, 0.2) is 59.0 Å². The van der Waals surface area contributed by atoms with Gasteiger partial charge in [-0.3, -0.25) is 4.79 Å². The van der Waals surface area contributed by atoms with Crippen molar-refractivity contribution in [1.82, 2.24) is 15.2 Å². The van der Waals surface area contributed by atoms with Crippen LogP contribution in [-0.4, -0.2) is 21.2 Å². The van der Waals surface area contributed by atoms with Crippen LogP contribution in [-0.2, 0) is 16.1 Å². The zero-order chi connectivity index (χ0) is 20.3. The lowest BCUT2D eigenvalue weighted by molar-refractivity contribution is -0.152. The zero-order valence-electron chi connectivity index (χ0n) is 16.4. The summed E-state index contributed by atoms with van der Waals surface area (Å²) in [4.78, 5) is 17.7. The van der Waals surface area contributed by atoms with Gasteiger partial charge in [0.1, 0.15) is 0 Å². The third-order valence-electron chi connectivity index (χ3n) is 5.52. The van der Waals surface area contributed by atoms with Gasteiger partial charge in [-0.1, -0.05) is 43.2 Å². The summed E-state index contributed by atoms with van der Waals surface area (Å²) in [6.07, 6.45) is 3.91. The first-order chi connectivity index (χ1) is 14.8. The minimum atomic E-state index is -0.210. The standard InChI is InChI=1S/C23H21N3O3S/c27-23(28-14-20-25-26-21(29-20)15-8-2-1-3-9-15)17-11-5-4-10-16(17)22-24-18-12-6-7-13-19(18)30-22/h1-3,6-9,12-13,16-17H,4-5,10-11,14H2/t16-,17-/m0/s1. The monoisotopic (exact) mass is 419 g/mol. The van der Waals surface area contributed by atoms with Gasteiger partial charge < -0.3 is 9.15 Å². The number of carbonyl (C=O) groups is 1. The highest BCUT2D eigenvalue weighted by Crippen LogP contribution is 2.41. The Morgan fingerprint density at radius 2 is 1.83 bits per heavy atom. The van der Waals surface area contributed by atoms with Gasteiger partial charge in [-0.15, -0.1) is 21.5 Å². The molecule has 0 unspecified atom stereocenters. The second-order valence-electron chi connectivity index (χ2n) is 7.49. The molecule has 4 aromatic rings. The van der Waals surface area contributed by atoms with E-state index in [4.69, 9.17) is 14.1 Å². The third-order valence-corrected chi connectivity index (χ3v) is 6.69. The third kappa shape index (κ3) is 3.85. The smallest absolute Gasteiger partial charge is 0.310 e. The van der Waals surface area contributed by atoms with Crippen LogP contribution in [0, 0.1) is 5.92 Å². The van der Waals surface area contributed by atoms with Crippen LogP contribution in [0.1, 0.15) is 42.5 Å². The highest BCUT2D eigenvalue weighted by molar-refractivity contribution is 7.18. The molecule has 5 rings (SSSR count). The predicted molar refractivity (Wildman–Crippen MR) is 114 cm³/mol. The minimum Gasteiger partial charge on any atom is -0.455 e. The highest BCUT2D eigenvalue weighted by Gasteiger charge is 2.35. The van der Waals surface area contributed by atoms with Crippen molar-refractivity contribution >= 4 is 27.5 Å². The van der Waals surface area contributed by atoms with Crippen molar-refractivity contribution < 1.29 is 13.9 Å². The van der Waals surface area contributed by atoms with E-state index >= 15 is 0 Å². The molecule has 0 amide bonds. The van der Waals surface area contributed by atoms with Crippen LogP contribution in [0.2, 0.25) is 0 Å². The van der Waals surface area contributed by atoms with Crippen LogP contribution in [0.4, 0.5) is 0 Å². The molecule has 30 heavy (non-hydrogen) atoms. The van der Waals surface area contributed by atoms with Crippen LogP contribution in [0.25, 0.3) is 21.7 Å². The Bertz CT molecular complexity index is 1120. The molecule has 0 aliphatic heterocycles. The van der Waals surface area contributed by atoms with Crippen molar-refractivity contribution in [2.24, 2.45) is 5.92 Å². The van der Waals surface area contributed by atoms with Crippen LogP contribution < -0.4 is 0 Å². The number of fused-ring (bicyclic) bond motifs is 1. The maximum Gasteiger partial charge on any atom is 0.310 e. The van der Waals surface area contributed by atoms with Gasteiger partial charge in [0.05, 0.1) is 21.1 Å². The van der Waals surface area contributed by atoms with Crippen molar-refractivity contribution in [3.05, 3.63) is 65.5 Å². The van der Waals surface area contributed by atoms with E-state index in [0.717, 1.165) is 46.5 Å². The Morgan fingerprint density at radius 1 is 1.03 bits per heavy atom. The van der Waals surface area contributed by atoms with E-state index in [1.54, 1.807) is 11.3 Å². The fraction of sp³-hybridized carbons (Fsp3) is 0.304. The molecular formula is C23H21N3O3S. The quantitative estimate of drug-likeness (QED) is 0.405. The molecule has 2 heterocycles. The molecule has 0 bridgehead atoms. The van der Waals surface area contributed by atoms with Crippen LogP contribution in [0.5, 0.6) is 0 Å². The number of carbonyl (C=O) groups excluding carboxylic acids is 1. The number of ether oxygens (including phenoxy) is 1. The second kappa shape index (κ2) is 8.36. The van der Waals surface area contributed by atoms with Gasteiger partial charge in [-0.2, -0.15) is 0 Å². The van der Waals surface area contributed by atoms with E-state index in [1.807, 2.05) is 48.5 Å². The number of hydrogen-bond donors (Lipinski definition) is 0. The van der Waals surface area contributed by atoms with E-state index in [2.05, 4.69) is 16.3 Å². The lowest BCUT2D eigenvalue weighted by Gasteiger charge is -2.28. The molecule has 2 aromatic carbocycles. The molecule has 2 atom stereocenters. The van der Waals surface area contributed by atoms with E-state index < -0.39 is 0 Å². The van der Waals surface area contributed by atoms with E-state index in [-0.39, 0.29) is 24.4 Å². The number of rotatable bonds is 5. The summed E-state index contributed by atoms with van der Waals surface area (Å²) in [6.45, 7) is -0.0122. The Kier molecular flexibility index (Phi) is 5.27. The Morgan fingerprint density at radius 3 is 2.70 bits per heavy atom. The van der Waals surface area contributed by atoms with Gasteiger partial charge in [0, 0.05) is 11.5 Å². The molecule has 0 N–H and O–H groups in total. The topological polar surface area (TPSA) is 78.1 Å². The summed E-state index contributed by atoms with van der Waals surface area (Å²) in [5, 5.41) is 9.09. The van der Waals surface area contributed by atoms with Crippen LogP contribution >= 0.6 is 11.3 Å². The van der Waals surface area contributed by atoms with Crippen molar-refractivity contribution in [2.45, 2.75) is 38.2 Å². The zero-order valence-corrected chi connectivity index (χ0v) is 17.2. The number of esters is 1. The SMILES string of the molecule is O=C(OCc1nnc(-c2ccccc2)o1)[C@H]1CCCC[C@@H]1c1nc2ccccc2s1. The van der Waals surface area contributed by atoms with E-state index in [9.17, 15) is 4.79 Å². The van der Waals surface area contributed by atoms with Gasteiger partial charge in [0.15, 0.2) is 6.61 Å². The summed E-state index contributed by atoms with van der Waals surface area (Å²) in [5.41, 5.74) is 1.83. The minimum absolute atomic E-state index is 0.0122. The van der Waals surface area contributed by atoms with Gasteiger partial charge in [0.25, 0.3) is 5.89 Å². The maximum atomic E-state index is 12.9. The lowest BCUT2D eigenvalue weighted by Crippen LogP contribution is -2.27. The summed E-state index contributed by atoms with van der Waals surface area (Å²) in [7, 11) is 0. The summed E-state index contributed by atoms with van der Waals surface area (Å²) in [6, 6.07) is 17.6. The molecule has 1 aliphatic carbocycles. The highest BCUT2D eigenvalue weighted by atomic mass is 32.1. The molecule has 0 radical (unpaired) electrons. The fourth-order valence-corrected chi connectivity index (χ4v) is 5.17. The molecule has 1 fully saturated rings. The summed E-state index contributed by atoms with van der Waals surface area (Å²) >= 11 is 1.68. The second-order valence-corrected chi connectivity index (χ2v) is 8.55. The Hall–Kier alpha value is -3.06. The van der Waals surface area contributed by atoms with Crippen molar-refractivity contribution in [3.8, 4) is 11.5 Å². The van der Waals surface area contributed by atoms with Crippen molar-refractivity contribution in [2.75, 3.05) is 0 Å². The summed E-state index contributed by atoms with van der Waals surface area (Å²) < 4.78 is 12.4. The van der Waals surface area contributed by atoms with Crippen LogP contribution in [0.3, 0.4) is 0 Å². The normalized spacial score (nSPS) is 19.1. The number of nitrogens with zero attached hydrogens (tertiary/aromatic N) is 3. The molecule has 1 saturated carbocycles. The van der Waals surface area contributed by atoms with E-state index in [0.29, 0.717) is 11.8 Å². The number of thiazole rings is 1. The average Bonchev–Trinajstić information content (AvgIpc) is 3.45. The molecule has 0 spiro atoms. The molecule has 7 heteroatoms. The van der Waals surface area contributed by atoms with E-state index in [1.165, 1.54) is 0 Å². The van der Waals surface area contributed by atoms with Gasteiger partial charge in [-0.25, -0.2) is 4.98 Å². The molecular weight excluding hydrogens is 398 g/mol. The van der Waals surface area contributed by atoms with Gasteiger partial charge >= 0.3 is 5.97 Å². The fourth-order valence-electron chi connectivity index (χ4n) is 4.01. The lowest BCUT2D eigenvalue weighted by atomic mass is 9.79. The van der Waals surface area contributed by atoms with Gasteiger partial charge in [0.2, 0.25) is 5.89 Å². The molecule has 152 valence electrons. The number of para-hydroxylation sites is 1.